The van der Waals surface area contributed by atoms with E-state index in [1.165, 1.54) is 0 Å². The van der Waals surface area contributed by atoms with E-state index in [9.17, 15) is 9.59 Å². The third kappa shape index (κ3) is 1.95. The molecule has 0 unspecified atom stereocenters. The summed E-state index contributed by atoms with van der Waals surface area (Å²) in [5.41, 5.74) is 1.12. The maximum absolute atomic E-state index is 11.8. The van der Waals surface area contributed by atoms with Crippen molar-refractivity contribution in [2.75, 3.05) is 17.2 Å². The Morgan fingerprint density at radius 3 is 3.16 bits per heavy atom. The Kier molecular flexibility index (Phi) is 2.70. The van der Waals surface area contributed by atoms with Crippen LogP contribution in [0.1, 0.15) is 13.3 Å². The van der Waals surface area contributed by atoms with Gasteiger partial charge in [0.25, 0.3) is 0 Å². The monoisotopic (exact) mass is 258 g/mol. The minimum atomic E-state index is -0.238. The zero-order valence-corrected chi connectivity index (χ0v) is 10.6. The first-order valence-corrected chi connectivity index (χ1v) is 6.27. The Balaban J connectivity index is 2.15. The van der Waals surface area contributed by atoms with Crippen molar-refractivity contribution in [1.29, 1.82) is 0 Å². The third-order valence-electron chi connectivity index (χ3n) is 3.20. The largest absolute Gasteiger partial charge is 0.369 e. The highest BCUT2D eigenvalue weighted by atomic mass is 16.2. The minimum Gasteiger partial charge on any atom is -0.369 e. The molecule has 0 radical (unpaired) electrons. The predicted octanol–water partition coefficient (Wildman–Crippen LogP) is 1.17. The van der Waals surface area contributed by atoms with Crippen LogP contribution in [-0.4, -0.2) is 22.0 Å². The van der Waals surface area contributed by atoms with Crippen molar-refractivity contribution in [2.45, 2.75) is 19.9 Å². The number of amides is 1. The molecule has 1 aromatic carbocycles. The van der Waals surface area contributed by atoms with Gasteiger partial charge in [0, 0.05) is 30.6 Å². The quantitative estimate of drug-likeness (QED) is 0.847. The number of carbonyl (C=O) groups is 1. The number of hydrogen-bond donors (Lipinski definition) is 2. The fourth-order valence-electron chi connectivity index (χ4n) is 2.24. The van der Waals surface area contributed by atoms with Crippen molar-refractivity contribution in [2.24, 2.45) is 0 Å². The number of anilines is 2. The number of carbonyl (C=O) groups excluding carboxylic acids is 1. The summed E-state index contributed by atoms with van der Waals surface area (Å²) in [6, 6.07) is 5.36. The van der Waals surface area contributed by atoms with Crippen LogP contribution in [0.4, 0.5) is 11.5 Å². The van der Waals surface area contributed by atoms with Gasteiger partial charge in [0.1, 0.15) is 5.82 Å². The summed E-state index contributed by atoms with van der Waals surface area (Å²) in [7, 11) is 0. The number of rotatable bonds is 2. The number of hydrogen-bond acceptors (Lipinski definition) is 4. The van der Waals surface area contributed by atoms with Crippen molar-refractivity contribution in [3.8, 4) is 0 Å². The van der Waals surface area contributed by atoms with Crippen molar-refractivity contribution in [1.82, 2.24) is 9.55 Å². The number of benzene rings is 1. The molecule has 3 rings (SSSR count). The Hall–Kier alpha value is -2.37. The summed E-state index contributed by atoms with van der Waals surface area (Å²) < 4.78 is 1.62. The van der Waals surface area contributed by atoms with Crippen LogP contribution in [0, 0.1) is 0 Å². The van der Waals surface area contributed by atoms with Gasteiger partial charge in [-0.05, 0) is 18.2 Å². The second kappa shape index (κ2) is 4.38. The second-order valence-electron chi connectivity index (χ2n) is 4.46. The smallest absolute Gasteiger partial charge is 0.349 e. The molecule has 0 saturated heterocycles. The highest BCUT2D eigenvalue weighted by Crippen LogP contribution is 2.25. The lowest BCUT2D eigenvalue weighted by atomic mass is 10.2. The summed E-state index contributed by atoms with van der Waals surface area (Å²) in [5.74, 6) is 0.743. The predicted molar refractivity (Wildman–Crippen MR) is 73.4 cm³/mol. The lowest BCUT2D eigenvalue weighted by Gasteiger charge is -2.08. The highest BCUT2D eigenvalue weighted by molar-refractivity contribution is 5.96. The Labute approximate surface area is 109 Å². The standard InChI is InChI=1S/C13H14N4O2/c1-2-11(18)15-8-3-4-10-9(7-8)12-14-5-6-17(12)13(19)16-10/h3-4,7,14H,2,5-6H2,1H3,(H,15,18). The molecule has 1 aliphatic rings. The zero-order valence-electron chi connectivity index (χ0n) is 10.6. The lowest BCUT2D eigenvalue weighted by molar-refractivity contribution is -0.115. The van der Waals surface area contributed by atoms with Gasteiger partial charge < -0.3 is 10.6 Å². The lowest BCUT2D eigenvalue weighted by Crippen LogP contribution is -2.20. The molecule has 0 spiro atoms. The maximum atomic E-state index is 11.8. The van der Waals surface area contributed by atoms with E-state index in [1.54, 1.807) is 23.6 Å². The molecular formula is C13H14N4O2. The van der Waals surface area contributed by atoms with E-state index >= 15 is 0 Å². The molecule has 0 aliphatic carbocycles. The van der Waals surface area contributed by atoms with Gasteiger partial charge in [-0.1, -0.05) is 6.92 Å². The molecule has 2 heterocycles. The van der Waals surface area contributed by atoms with E-state index in [0.717, 1.165) is 23.4 Å². The molecule has 6 nitrogen and oxygen atoms in total. The summed E-state index contributed by atoms with van der Waals surface area (Å²) in [4.78, 5) is 27.2. The van der Waals surface area contributed by atoms with E-state index in [0.29, 0.717) is 18.5 Å². The Morgan fingerprint density at radius 2 is 2.37 bits per heavy atom. The molecule has 0 atom stereocenters. The van der Waals surface area contributed by atoms with E-state index < -0.39 is 0 Å². The summed E-state index contributed by atoms with van der Waals surface area (Å²) in [5, 5.41) is 6.85. The average molecular weight is 258 g/mol. The van der Waals surface area contributed by atoms with Crippen molar-refractivity contribution < 1.29 is 4.79 Å². The topological polar surface area (TPSA) is 76.0 Å². The molecule has 2 N–H and O–H groups in total. The maximum Gasteiger partial charge on any atom is 0.349 e. The number of nitrogens with one attached hydrogen (secondary N) is 2. The third-order valence-corrected chi connectivity index (χ3v) is 3.20. The molecule has 98 valence electrons. The van der Waals surface area contributed by atoms with Crippen LogP contribution in [0.15, 0.2) is 23.0 Å². The van der Waals surface area contributed by atoms with Crippen molar-refractivity contribution in [3.05, 3.63) is 28.7 Å². The Morgan fingerprint density at radius 1 is 1.53 bits per heavy atom. The molecule has 0 fully saturated rings. The molecular weight excluding hydrogens is 244 g/mol. The highest BCUT2D eigenvalue weighted by Gasteiger charge is 2.16. The molecule has 1 aromatic heterocycles. The molecule has 0 bridgehead atoms. The second-order valence-corrected chi connectivity index (χ2v) is 4.46. The average Bonchev–Trinajstić information content (AvgIpc) is 2.89. The summed E-state index contributed by atoms with van der Waals surface area (Å²) >= 11 is 0. The van der Waals surface area contributed by atoms with Crippen LogP contribution in [0.2, 0.25) is 0 Å². The number of aromatic nitrogens is 2. The normalized spacial score (nSPS) is 13.1. The van der Waals surface area contributed by atoms with Crippen LogP contribution < -0.4 is 16.3 Å². The molecule has 6 heteroatoms. The van der Waals surface area contributed by atoms with Crippen LogP contribution >= 0.6 is 0 Å². The van der Waals surface area contributed by atoms with Crippen LogP contribution in [0.3, 0.4) is 0 Å². The van der Waals surface area contributed by atoms with E-state index in [2.05, 4.69) is 15.6 Å². The minimum absolute atomic E-state index is 0.0370. The van der Waals surface area contributed by atoms with Gasteiger partial charge in [0.15, 0.2) is 0 Å². The van der Waals surface area contributed by atoms with E-state index in [1.807, 2.05) is 6.07 Å². The number of nitrogens with zero attached hydrogens (tertiary/aromatic N) is 2. The zero-order chi connectivity index (χ0) is 13.4. The van der Waals surface area contributed by atoms with Gasteiger partial charge in [-0.2, -0.15) is 4.98 Å². The van der Waals surface area contributed by atoms with Crippen LogP contribution in [-0.2, 0) is 11.3 Å². The van der Waals surface area contributed by atoms with E-state index in [-0.39, 0.29) is 11.6 Å². The first-order valence-electron chi connectivity index (χ1n) is 6.27. The van der Waals surface area contributed by atoms with Crippen LogP contribution in [0.25, 0.3) is 10.9 Å². The Bertz CT molecular complexity index is 720. The van der Waals surface area contributed by atoms with E-state index in [4.69, 9.17) is 0 Å². The number of fused-ring (bicyclic) bond motifs is 3. The fraction of sp³-hybridized carbons (Fsp3) is 0.308. The van der Waals surface area contributed by atoms with Gasteiger partial charge in [0.2, 0.25) is 5.91 Å². The first kappa shape index (κ1) is 11.7. The van der Waals surface area contributed by atoms with Crippen molar-refractivity contribution in [3.63, 3.8) is 0 Å². The SMILES string of the molecule is CCC(=O)Nc1ccc2nc(=O)n3c(c2c1)NCC3. The van der Waals surface area contributed by atoms with Gasteiger partial charge in [-0.15, -0.1) is 0 Å². The van der Waals surface area contributed by atoms with Gasteiger partial charge in [-0.3, -0.25) is 9.36 Å². The molecule has 1 amide bonds. The molecule has 19 heavy (non-hydrogen) atoms. The van der Waals surface area contributed by atoms with Gasteiger partial charge in [0.05, 0.1) is 5.52 Å². The molecule has 2 aromatic rings. The van der Waals surface area contributed by atoms with Gasteiger partial charge >= 0.3 is 5.69 Å². The first-order chi connectivity index (χ1) is 9.19. The van der Waals surface area contributed by atoms with Crippen molar-refractivity contribution >= 4 is 28.3 Å². The van der Waals surface area contributed by atoms with Gasteiger partial charge in [-0.25, -0.2) is 4.79 Å². The van der Waals surface area contributed by atoms with Crippen LogP contribution in [0.5, 0.6) is 0 Å². The molecule has 0 saturated carbocycles. The summed E-state index contributed by atoms with van der Waals surface area (Å²) in [6.07, 6.45) is 0.431. The summed E-state index contributed by atoms with van der Waals surface area (Å²) in [6.45, 7) is 3.15. The molecule has 1 aliphatic heterocycles. The fourth-order valence-corrected chi connectivity index (χ4v) is 2.24.